The van der Waals surface area contributed by atoms with E-state index in [-0.39, 0.29) is 30.2 Å². The number of hydrogen-bond donors (Lipinski definition) is 2. The molecule has 1 aliphatic heterocycles. The molecule has 1 heterocycles. The van der Waals surface area contributed by atoms with Crippen LogP contribution in [0.3, 0.4) is 0 Å². The van der Waals surface area contributed by atoms with E-state index >= 15 is 0 Å². The van der Waals surface area contributed by atoms with Crippen molar-refractivity contribution in [2.75, 3.05) is 38.0 Å². The van der Waals surface area contributed by atoms with E-state index in [0.717, 1.165) is 23.1 Å². The number of nitrogens with zero attached hydrogens (tertiary/aromatic N) is 1. The number of nitrogens with one attached hydrogen (secondary N) is 2. The second-order valence-electron chi connectivity index (χ2n) is 6.46. The molecule has 150 valence electrons. The van der Waals surface area contributed by atoms with Crippen LogP contribution in [0.5, 0.6) is 0 Å². The van der Waals surface area contributed by atoms with Gasteiger partial charge in [-0.05, 0) is 30.3 Å². The molecule has 3 rings (SSSR count). The Morgan fingerprint density at radius 1 is 1.04 bits per heavy atom. The van der Waals surface area contributed by atoms with E-state index in [1.54, 1.807) is 0 Å². The summed E-state index contributed by atoms with van der Waals surface area (Å²) in [4.78, 5) is 12.8. The molecule has 1 saturated heterocycles. The lowest BCUT2D eigenvalue weighted by Crippen LogP contribution is -3.15. The summed E-state index contributed by atoms with van der Waals surface area (Å²) in [5.41, 5.74) is -0.113. The molecule has 2 aromatic carbocycles. The van der Waals surface area contributed by atoms with E-state index in [9.17, 15) is 26.4 Å². The molecule has 0 saturated carbocycles. The molecule has 0 bridgehead atoms. The van der Waals surface area contributed by atoms with Crippen LogP contribution < -0.4 is 10.2 Å². The summed E-state index contributed by atoms with van der Waals surface area (Å²) in [7, 11) is -3.80. The molecule has 0 radical (unpaired) electrons. The molecule has 6 nitrogen and oxygen atoms in total. The van der Waals surface area contributed by atoms with Gasteiger partial charge >= 0.3 is 0 Å². The fourth-order valence-corrected chi connectivity index (χ4v) is 4.48. The van der Waals surface area contributed by atoms with E-state index in [1.165, 1.54) is 22.5 Å². The zero-order chi connectivity index (χ0) is 20.3. The number of carbonyl (C=O) groups excluding carboxylic acids is 1. The molecular formula is C18H19F3N3O3S+. The van der Waals surface area contributed by atoms with Crippen LogP contribution in [0.4, 0.5) is 18.9 Å². The first-order valence-electron chi connectivity index (χ1n) is 8.60. The molecule has 1 fully saturated rings. The Balaban J connectivity index is 1.56. The number of piperazine rings is 1. The van der Waals surface area contributed by atoms with Crippen LogP contribution in [0.2, 0.25) is 0 Å². The lowest BCUT2D eigenvalue weighted by molar-refractivity contribution is -0.895. The average Bonchev–Trinajstić information content (AvgIpc) is 2.64. The Kier molecular flexibility index (Phi) is 6.01. The lowest BCUT2D eigenvalue weighted by Gasteiger charge is -2.31. The first-order valence-corrected chi connectivity index (χ1v) is 10.0. The minimum absolute atomic E-state index is 0.0185. The SMILES string of the molecule is O=C(C[NH+]1CCN(S(=O)(=O)c2cccc(F)c2)CC1)Nc1ccc(F)cc1F. The Labute approximate surface area is 160 Å². The summed E-state index contributed by atoms with van der Waals surface area (Å²) in [6.45, 7) is 1.10. The third kappa shape index (κ3) is 4.70. The van der Waals surface area contributed by atoms with Crippen LogP contribution in [0, 0.1) is 17.5 Å². The fraction of sp³-hybridized carbons (Fsp3) is 0.278. The minimum atomic E-state index is -3.80. The summed E-state index contributed by atoms with van der Waals surface area (Å²) >= 11 is 0. The maximum atomic E-state index is 13.6. The standard InChI is InChI=1S/C18H18F3N3O3S/c19-13-2-1-3-15(10-13)28(26,27)24-8-6-23(7-9-24)12-18(25)22-17-5-4-14(20)11-16(17)21/h1-5,10-11H,6-9,12H2,(H,22,25)/p+1. The van der Waals surface area contributed by atoms with Crippen molar-refractivity contribution in [2.45, 2.75) is 4.90 Å². The molecule has 0 atom stereocenters. The van der Waals surface area contributed by atoms with Gasteiger partial charge in [-0.25, -0.2) is 21.6 Å². The summed E-state index contributed by atoms with van der Waals surface area (Å²) in [5, 5.41) is 2.38. The highest BCUT2D eigenvalue weighted by Crippen LogP contribution is 2.17. The van der Waals surface area contributed by atoms with E-state index in [4.69, 9.17) is 0 Å². The first-order chi connectivity index (χ1) is 13.3. The normalized spacial score (nSPS) is 16.1. The van der Waals surface area contributed by atoms with Crippen molar-refractivity contribution in [2.24, 2.45) is 0 Å². The summed E-state index contributed by atoms with van der Waals surface area (Å²) in [5.74, 6) is -2.69. The van der Waals surface area contributed by atoms with E-state index < -0.39 is 33.4 Å². The maximum Gasteiger partial charge on any atom is 0.279 e. The van der Waals surface area contributed by atoms with Gasteiger partial charge in [0.05, 0.1) is 36.8 Å². The predicted octanol–water partition coefficient (Wildman–Crippen LogP) is 0.632. The molecule has 0 unspecified atom stereocenters. The van der Waals surface area contributed by atoms with Gasteiger partial charge in [-0.1, -0.05) is 6.07 Å². The van der Waals surface area contributed by atoms with E-state index in [2.05, 4.69) is 5.32 Å². The number of hydrogen-bond acceptors (Lipinski definition) is 3. The van der Waals surface area contributed by atoms with Gasteiger partial charge < -0.3 is 10.2 Å². The Morgan fingerprint density at radius 2 is 1.71 bits per heavy atom. The number of carbonyl (C=O) groups is 1. The van der Waals surface area contributed by atoms with E-state index in [1.807, 2.05) is 0 Å². The van der Waals surface area contributed by atoms with Crippen LogP contribution in [0.25, 0.3) is 0 Å². The smallest absolute Gasteiger partial charge is 0.279 e. The molecule has 28 heavy (non-hydrogen) atoms. The van der Waals surface area contributed by atoms with Gasteiger partial charge in [0.1, 0.15) is 17.5 Å². The van der Waals surface area contributed by atoms with Crippen LogP contribution in [0.1, 0.15) is 0 Å². The number of quaternary nitrogens is 1. The van der Waals surface area contributed by atoms with E-state index in [0.29, 0.717) is 19.2 Å². The van der Waals surface area contributed by atoms with Crippen LogP contribution >= 0.6 is 0 Å². The lowest BCUT2D eigenvalue weighted by atomic mass is 10.3. The van der Waals surface area contributed by atoms with Crippen molar-refractivity contribution in [3.05, 3.63) is 59.9 Å². The molecule has 10 heteroatoms. The Bertz CT molecular complexity index is 977. The Hall–Kier alpha value is -2.43. The van der Waals surface area contributed by atoms with Crippen molar-refractivity contribution in [3.8, 4) is 0 Å². The number of benzene rings is 2. The third-order valence-corrected chi connectivity index (χ3v) is 6.37. The number of anilines is 1. The molecule has 1 aliphatic rings. The summed E-state index contributed by atoms with van der Waals surface area (Å²) in [6, 6.07) is 7.68. The molecule has 0 aliphatic carbocycles. The van der Waals surface area contributed by atoms with Crippen molar-refractivity contribution in [3.63, 3.8) is 0 Å². The summed E-state index contributed by atoms with van der Waals surface area (Å²) < 4.78 is 66.2. The average molecular weight is 414 g/mol. The highest BCUT2D eigenvalue weighted by molar-refractivity contribution is 7.89. The minimum Gasteiger partial charge on any atom is -0.325 e. The Morgan fingerprint density at radius 3 is 2.36 bits per heavy atom. The topological polar surface area (TPSA) is 70.9 Å². The van der Waals surface area contributed by atoms with Gasteiger partial charge in [0.2, 0.25) is 10.0 Å². The maximum absolute atomic E-state index is 13.6. The molecule has 2 aromatic rings. The molecule has 0 spiro atoms. The van der Waals surface area contributed by atoms with Crippen molar-refractivity contribution in [1.82, 2.24) is 4.31 Å². The quantitative estimate of drug-likeness (QED) is 0.754. The highest BCUT2D eigenvalue weighted by atomic mass is 32.2. The molecule has 0 aromatic heterocycles. The van der Waals surface area contributed by atoms with Gasteiger partial charge in [-0.2, -0.15) is 4.31 Å². The molecule has 1 amide bonds. The number of rotatable bonds is 5. The van der Waals surface area contributed by atoms with Gasteiger partial charge in [-0.15, -0.1) is 0 Å². The van der Waals surface area contributed by atoms with Crippen molar-refractivity contribution in [1.29, 1.82) is 0 Å². The highest BCUT2D eigenvalue weighted by Gasteiger charge is 2.31. The predicted molar refractivity (Wildman–Crippen MR) is 95.7 cm³/mol. The van der Waals surface area contributed by atoms with Gasteiger partial charge in [0, 0.05) is 6.07 Å². The van der Waals surface area contributed by atoms with Crippen molar-refractivity contribution < 1.29 is 31.3 Å². The van der Waals surface area contributed by atoms with Crippen LogP contribution in [-0.4, -0.2) is 51.4 Å². The molecule has 2 N–H and O–H groups in total. The summed E-state index contributed by atoms with van der Waals surface area (Å²) in [6.07, 6.45) is 0. The third-order valence-electron chi connectivity index (χ3n) is 4.48. The van der Waals surface area contributed by atoms with Gasteiger partial charge in [-0.3, -0.25) is 4.79 Å². The van der Waals surface area contributed by atoms with Crippen LogP contribution in [0.15, 0.2) is 47.4 Å². The number of halogens is 3. The van der Waals surface area contributed by atoms with Crippen molar-refractivity contribution >= 4 is 21.6 Å². The zero-order valence-corrected chi connectivity index (χ0v) is 15.6. The largest absolute Gasteiger partial charge is 0.325 e. The van der Waals surface area contributed by atoms with Gasteiger partial charge in [0.25, 0.3) is 5.91 Å². The monoisotopic (exact) mass is 414 g/mol. The zero-order valence-electron chi connectivity index (χ0n) is 14.8. The number of amides is 1. The second kappa shape index (κ2) is 8.29. The molecular weight excluding hydrogens is 395 g/mol. The van der Waals surface area contributed by atoms with Gasteiger partial charge in [0.15, 0.2) is 6.54 Å². The number of sulfonamides is 1. The fourth-order valence-electron chi connectivity index (χ4n) is 3.01. The first kappa shape index (κ1) is 20.3. The second-order valence-corrected chi connectivity index (χ2v) is 8.40. The van der Waals surface area contributed by atoms with Crippen LogP contribution in [-0.2, 0) is 14.8 Å².